The zero-order valence-electron chi connectivity index (χ0n) is 12.0. The molecule has 1 saturated carbocycles. The molecule has 0 radical (unpaired) electrons. The van der Waals surface area contributed by atoms with Crippen molar-refractivity contribution in [2.45, 2.75) is 50.7 Å². The molecule has 3 amide bonds. The molecule has 1 aliphatic heterocycles. The Morgan fingerprint density at radius 2 is 2.19 bits per heavy atom. The molecule has 2 N–H and O–H groups in total. The van der Waals surface area contributed by atoms with Crippen molar-refractivity contribution in [3.63, 3.8) is 0 Å². The third-order valence-electron chi connectivity index (χ3n) is 4.29. The third kappa shape index (κ3) is 3.37. The van der Waals surface area contributed by atoms with E-state index in [2.05, 4.69) is 10.6 Å². The van der Waals surface area contributed by atoms with E-state index in [1.54, 1.807) is 11.3 Å². The molecule has 114 valence electrons. The lowest BCUT2D eigenvalue weighted by Gasteiger charge is -2.30. The first-order valence-corrected chi connectivity index (χ1v) is 8.49. The lowest BCUT2D eigenvalue weighted by Crippen LogP contribution is -2.42. The van der Waals surface area contributed by atoms with Crippen LogP contribution in [0.5, 0.6) is 0 Å². The Morgan fingerprint density at radius 3 is 2.90 bits per heavy atom. The number of nitrogens with zero attached hydrogens (tertiary/aromatic N) is 1. The summed E-state index contributed by atoms with van der Waals surface area (Å²) in [5.41, 5.74) is 0. The number of hydrogen-bond donors (Lipinski definition) is 2. The van der Waals surface area contributed by atoms with Gasteiger partial charge in [0, 0.05) is 10.9 Å². The van der Waals surface area contributed by atoms with Crippen LogP contribution >= 0.6 is 11.3 Å². The minimum absolute atomic E-state index is 0.0850. The molecule has 21 heavy (non-hydrogen) atoms. The van der Waals surface area contributed by atoms with E-state index in [1.165, 1.54) is 19.3 Å². The van der Waals surface area contributed by atoms with Crippen molar-refractivity contribution in [1.82, 2.24) is 15.5 Å². The highest BCUT2D eigenvalue weighted by molar-refractivity contribution is 7.09. The number of thiophene rings is 1. The predicted octanol–water partition coefficient (Wildman–Crippen LogP) is 2.09. The zero-order chi connectivity index (χ0) is 14.7. The van der Waals surface area contributed by atoms with Crippen molar-refractivity contribution < 1.29 is 9.59 Å². The summed E-state index contributed by atoms with van der Waals surface area (Å²) in [5.74, 6) is -0.0879. The van der Waals surface area contributed by atoms with Gasteiger partial charge >= 0.3 is 6.03 Å². The fourth-order valence-electron chi connectivity index (χ4n) is 3.12. The van der Waals surface area contributed by atoms with Crippen LogP contribution in [0.15, 0.2) is 17.5 Å². The van der Waals surface area contributed by atoms with Gasteiger partial charge in [-0.15, -0.1) is 11.3 Å². The third-order valence-corrected chi connectivity index (χ3v) is 5.16. The lowest BCUT2D eigenvalue weighted by atomic mass is 9.94. The molecule has 1 unspecified atom stereocenters. The van der Waals surface area contributed by atoms with E-state index >= 15 is 0 Å². The molecule has 1 saturated heterocycles. The summed E-state index contributed by atoms with van der Waals surface area (Å²) in [6.07, 6.45) is 5.76. The molecule has 2 heterocycles. The van der Waals surface area contributed by atoms with E-state index < -0.39 is 6.04 Å². The number of amides is 3. The Morgan fingerprint density at radius 1 is 1.38 bits per heavy atom. The predicted molar refractivity (Wildman–Crippen MR) is 82.1 cm³/mol. The average molecular weight is 307 g/mol. The molecule has 1 aromatic rings. The van der Waals surface area contributed by atoms with Gasteiger partial charge in [-0.1, -0.05) is 25.3 Å². The van der Waals surface area contributed by atoms with Gasteiger partial charge in [0.05, 0.1) is 13.1 Å². The molecule has 1 atom stereocenters. The molecule has 0 spiro atoms. The highest BCUT2D eigenvalue weighted by Gasteiger charge is 2.37. The smallest absolute Gasteiger partial charge is 0.318 e. The normalized spacial score (nSPS) is 23.1. The molecule has 5 nitrogen and oxygen atoms in total. The second kappa shape index (κ2) is 6.47. The summed E-state index contributed by atoms with van der Waals surface area (Å²) >= 11 is 1.62. The van der Waals surface area contributed by atoms with Gasteiger partial charge in [0.1, 0.15) is 6.04 Å². The maximum Gasteiger partial charge on any atom is 0.318 e. The highest BCUT2D eigenvalue weighted by Crippen LogP contribution is 2.24. The largest absolute Gasteiger partial charge is 0.349 e. The second-order valence-corrected chi connectivity index (χ2v) is 6.78. The molecule has 0 aromatic carbocycles. The first-order valence-electron chi connectivity index (χ1n) is 7.61. The van der Waals surface area contributed by atoms with Crippen LogP contribution in [0.1, 0.15) is 37.0 Å². The van der Waals surface area contributed by atoms with Crippen molar-refractivity contribution in [2.24, 2.45) is 0 Å². The number of urea groups is 1. The Bertz CT molecular complexity index is 497. The molecule has 1 aromatic heterocycles. The van der Waals surface area contributed by atoms with Crippen LogP contribution < -0.4 is 10.6 Å². The van der Waals surface area contributed by atoms with Gasteiger partial charge in [-0.25, -0.2) is 4.79 Å². The molecular weight excluding hydrogens is 286 g/mol. The molecular formula is C15H21N3O2S. The Balaban J connectivity index is 1.52. The SMILES string of the molecule is O=C(NCc1cccs1)C1CN(C2CCCCC2)C(=O)N1. The first-order chi connectivity index (χ1) is 10.2. The van der Waals surface area contributed by atoms with E-state index in [-0.39, 0.29) is 11.9 Å². The zero-order valence-corrected chi connectivity index (χ0v) is 12.8. The number of carbonyl (C=O) groups excluding carboxylic acids is 2. The van der Waals surface area contributed by atoms with Gasteiger partial charge in [0.15, 0.2) is 0 Å². The van der Waals surface area contributed by atoms with Crippen molar-refractivity contribution in [3.05, 3.63) is 22.4 Å². The summed E-state index contributed by atoms with van der Waals surface area (Å²) in [5, 5.41) is 7.70. The van der Waals surface area contributed by atoms with Crippen LogP contribution in [-0.4, -0.2) is 35.5 Å². The van der Waals surface area contributed by atoms with Crippen LogP contribution in [-0.2, 0) is 11.3 Å². The fraction of sp³-hybridized carbons (Fsp3) is 0.600. The van der Waals surface area contributed by atoms with Gasteiger partial charge in [0.25, 0.3) is 0 Å². The van der Waals surface area contributed by atoms with Gasteiger partial charge in [-0.3, -0.25) is 4.79 Å². The van der Waals surface area contributed by atoms with E-state index in [0.717, 1.165) is 17.7 Å². The summed E-state index contributed by atoms with van der Waals surface area (Å²) in [6.45, 7) is 1.03. The summed E-state index contributed by atoms with van der Waals surface area (Å²) in [7, 11) is 0. The Hall–Kier alpha value is -1.56. The van der Waals surface area contributed by atoms with Crippen LogP contribution in [0.3, 0.4) is 0 Å². The van der Waals surface area contributed by atoms with Gasteiger partial charge in [-0.05, 0) is 24.3 Å². The van der Waals surface area contributed by atoms with E-state index in [4.69, 9.17) is 0 Å². The monoisotopic (exact) mass is 307 g/mol. The van der Waals surface area contributed by atoms with Crippen molar-refractivity contribution >= 4 is 23.3 Å². The highest BCUT2D eigenvalue weighted by atomic mass is 32.1. The van der Waals surface area contributed by atoms with E-state index in [1.807, 2.05) is 22.4 Å². The Labute approximate surface area is 128 Å². The maximum atomic E-state index is 12.2. The maximum absolute atomic E-state index is 12.2. The van der Waals surface area contributed by atoms with Crippen LogP contribution in [0.4, 0.5) is 4.79 Å². The number of hydrogen-bond acceptors (Lipinski definition) is 3. The van der Waals surface area contributed by atoms with Crippen LogP contribution in [0.2, 0.25) is 0 Å². The average Bonchev–Trinajstić information content (AvgIpc) is 3.15. The molecule has 2 aliphatic rings. The van der Waals surface area contributed by atoms with E-state index in [9.17, 15) is 9.59 Å². The molecule has 1 aliphatic carbocycles. The van der Waals surface area contributed by atoms with Gasteiger partial charge in [0.2, 0.25) is 5.91 Å². The Kier molecular flexibility index (Phi) is 4.43. The fourth-order valence-corrected chi connectivity index (χ4v) is 3.77. The minimum Gasteiger partial charge on any atom is -0.349 e. The first kappa shape index (κ1) is 14.4. The van der Waals surface area contributed by atoms with Crippen molar-refractivity contribution in [2.75, 3.05) is 6.54 Å². The molecule has 6 heteroatoms. The van der Waals surface area contributed by atoms with Crippen molar-refractivity contribution in [3.8, 4) is 0 Å². The quantitative estimate of drug-likeness (QED) is 0.895. The van der Waals surface area contributed by atoms with E-state index in [0.29, 0.717) is 19.1 Å². The summed E-state index contributed by atoms with van der Waals surface area (Å²) in [4.78, 5) is 27.2. The lowest BCUT2D eigenvalue weighted by molar-refractivity contribution is -0.122. The van der Waals surface area contributed by atoms with Crippen LogP contribution in [0, 0.1) is 0 Å². The van der Waals surface area contributed by atoms with Crippen molar-refractivity contribution in [1.29, 1.82) is 0 Å². The summed E-state index contributed by atoms with van der Waals surface area (Å²) in [6, 6.07) is 3.77. The number of rotatable bonds is 4. The number of nitrogens with one attached hydrogen (secondary N) is 2. The molecule has 2 fully saturated rings. The standard InChI is InChI=1S/C15H21N3O2S/c19-14(16-9-12-7-4-8-21-12)13-10-18(15(20)17-13)11-5-2-1-3-6-11/h4,7-8,11,13H,1-3,5-6,9-10H2,(H,16,19)(H,17,20). The second-order valence-electron chi connectivity index (χ2n) is 5.74. The van der Waals surface area contributed by atoms with Gasteiger partial charge in [-0.2, -0.15) is 0 Å². The summed E-state index contributed by atoms with van der Waals surface area (Å²) < 4.78 is 0. The molecule has 3 rings (SSSR count). The van der Waals surface area contributed by atoms with Crippen LogP contribution in [0.25, 0.3) is 0 Å². The number of carbonyl (C=O) groups is 2. The van der Waals surface area contributed by atoms with Gasteiger partial charge < -0.3 is 15.5 Å². The minimum atomic E-state index is -0.417. The molecule has 0 bridgehead atoms. The topological polar surface area (TPSA) is 61.4 Å².